The van der Waals surface area contributed by atoms with Crippen LogP contribution in [0.25, 0.3) is 0 Å². The van der Waals surface area contributed by atoms with Crippen molar-refractivity contribution in [2.45, 2.75) is 5.03 Å². The number of nitrogens with one attached hydrogen (secondary N) is 1. The van der Waals surface area contributed by atoms with Crippen molar-refractivity contribution in [1.29, 1.82) is 0 Å². The van der Waals surface area contributed by atoms with Crippen LogP contribution >= 0.6 is 0 Å². The van der Waals surface area contributed by atoms with E-state index < -0.39 is 38.3 Å². The maximum absolute atomic E-state index is 13.5. The topological polar surface area (TPSA) is 96.4 Å². The van der Waals surface area contributed by atoms with E-state index in [1.165, 1.54) is 6.07 Å². The Morgan fingerprint density at radius 3 is 2.52 bits per heavy atom. The molecule has 1 aromatic heterocycles. The third-order valence-electron chi connectivity index (χ3n) is 2.44. The predicted molar refractivity (Wildman–Crippen MR) is 68.4 cm³/mol. The molecule has 1 heterocycles. The molecule has 0 aliphatic rings. The number of benzene rings is 1. The summed E-state index contributed by atoms with van der Waals surface area (Å²) >= 11 is 0. The summed E-state index contributed by atoms with van der Waals surface area (Å²) in [7, 11) is -4.48. The molecule has 0 fully saturated rings. The first-order valence-electron chi connectivity index (χ1n) is 5.47. The molecule has 0 spiro atoms. The number of aromatic carboxylic acids is 1. The number of anilines is 1. The summed E-state index contributed by atoms with van der Waals surface area (Å²) < 4.78 is 52.6. The highest BCUT2D eigenvalue weighted by Gasteiger charge is 2.22. The van der Waals surface area contributed by atoms with Crippen LogP contribution in [0.15, 0.2) is 41.6 Å². The highest BCUT2D eigenvalue weighted by molar-refractivity contribution is 7.92. The molecular formula is C12H8F2N2O4S. The maximum Gasteiger partial charge on any atom is 0.335 e. The van der Waals surface area contributed by atoms with Gasteiger partial charge < -0.3 is 5.11 Å². The summed E-state index contributed by atoms with van der Waals surface area (Å²) in [6.45, 7) is 0. The third kappa shape index (κ3) is 3.14. The predicted octanol–water partition coefficient (Wildman–Crippen LogP) is 1.86. The van der Waals surface area contributed by atoms with E-state index in [-0.39, 0.29) is 5.56 Å². The second-order valence-corrected chi connectivity index (χ2v) is 5.49. The first kappa shape index (κ1) is 14.9. The lowest BCUT2D eigenvalue weighted by molar-refractivity contribution is 0.0697. The SMILES string of the molecule is O=C(O)c1ccc(F)c(NS(=O)(=O)c2ncccc2F)c1. The molecule has 0 saturated heterocycles. The monoisotopic (exact) mass is 314 g/mol. The van der Waals surface area contributed by atoms with Gasteiger partial charge in [0.05, 0.1) is 11.3 Å². The number of aromatic nitrogens is 1. The van der Waals surface area contributed by atoms with Crippen LogP contribution in [0.3, 0.4) is 0 Å². The van der Waals surface area contributed by atoms with E-state index in [0.717, 1.165) is 30.5 Å². The summed E-state index contributed by atoms with van der Waals surface area (Å²) in [6.07, 6.45) is 1.06. The molecule has 110 valence electrons. The lowest BCUT2D eigenvalue weighted by atomic mass is 10.2. The summed E-state index contributed by atoms with van der Waals surface area (Å²) in [5.41, 5.74) is -0.935. The Morgan fingerprint density at radius 2 is 1.90 bits per heavy atom. The minimum atomic E-state index is -4.48. The molecular weight excluding hydrogens is 306 g/mol. The smallest absolute Gasteiger partial charge is 0.335 e. The lowest BCUT2D eigenvalue weighted by Gasteiger charge is -2.09. The van der Waals surface area contributed by atoms with Gasteiger partial charge in [0.2, 0.25) is 5.03 Å². The van der Waals surface area contributed by atoms with Crippen molar-refractivity contribution in [3.05, 3.63) is 53.7 Å². The number of carbonyl (C=O) groups is 1. The standard InChI is InChI=1S/C12H8F2N2O4S/c13-8-4-3-7(12(17)18)6-10(8)16-21(19,20)11-9(14)2-1-5-15-11/h1-6,16H,(H,17,18). The Bertz CT molecular complexity index is 809. The van der Waals surface area contributed by atoms with E-state index in [1.807, 2.05) is 0 Å². The van der Waals surface area contributed by atoms with Gasteiger partial charge in [0, 0.05) is 6.20 Å². The number of nitrogens with zero attached hydrogens (tertiary/aromatic N) is 1. The molecule has 0 saturated carbocycles. The molecule has 0 amide bonds. The van der Waals surface area contributed by atoms with Gasteiger partial charge >= 0.3 is 5.97 Å². The Labute approximate surface area is 118 Å². The Balaban J connectivity index is 2.44. The number of carboxylic acid groups (broad SMARTS) is 1. The van der Waals surface area contributed by atoms with Gasteiger partial charge in [-0.3, -0.25) is 4.72 Å². The highest BCUT2D eigenvalue weighted by Crippen LogP contribution is 2.21. The molecule has 0 radical (unpaired) electrons. The molecule has 0 bridgehead atoms. The van der Waals surface area contributed by atoms with Gasteiger partial charge in [-0.15, -0.1) is 0 Å². The second kappa shape index (κ2) is 5.44. The number of rotatable bonds is 4. The number of hydrogen-bond acceptors (Lipinski definition) is 4. The van der Waals surface area contributed by atoms with Gasteiger partial charge in [-0.2, -0.15) is 8.42 Å². The van der Waals surface area contributed by atoms with Gasteiger partial charge in [0.1, 0.15) is 5.82 Å². The van der Waals surface area contributed by atoms with Crippen molar-refractivity contribution in [1.82, 2.24) is 4.98 Å². The van der Waals surface area contributed by atoms with Crippen LogP contribution in [0.2, 0.25) is 0 Å². The highest BCUT2D eigenvalue weighted by atomic mass is 32.2. The number of halogens is 2. The minimum absolute atomic E-state index is 0.324. The molecule has 0 aliphatic carbocycles. The average Bonchev–Trinajstić information content (AvgIpc) is 2.41. The Kier molecular flexibility index (Phi) is 3.85. The van der Waals surface area contributed by atoms with Crippen LogP contribution in [-0.2, 0) is 10.0 Å². The fourth-order valence-electron chi connectivity index (χ4n) is 1.50. The third-order valence-corrected chi connectivity index (χ3v) is 3.74. The molecule has 21 heavy (non-hydrogen) atoms. The van der Waals surface area contributed by atoms with Gasteiger partial charge in [0.25, 0.3) is 10.0 Å². The van der Waals surface area contributed by atoms with Crippen molar-refractivity contribution in [2.24, 2.45) is 0 Å². The molecule has 0 aliphatic heterocycles. The van der Waals surface area contributed by atoms with Crippen LogP contribution in [0.1, 0.15) is 10.4 Å². The molecule has 9 heteroatoms. The number of carboxylic acids is 1. The van der Waals surface area contributed by atoms with Crippen molar-refractivity contribution in [2.75, 3.05) is 4.72 Å². The molecule has 2 rings (SSSR count). The normalized spacial score (nSPS) is 11.1. The molecule has 1 aromatic carbocycles. The van der Waals surface area contributed by atoms with Crippen LogP contribution in [-0.4, -0.2) is 24.5 Å². The van der Waals surface area contributed by atoms with Crippen LogP contribution < -0.4 is 4.72 Å². The van der Waals surface area contributed by atoms with E-state index in [9.17, 15) is 22.0 Å². The van der Waals surface area contributed by atoms with Crippen LogP contribution in [0, 0.1) is 11.6 Å². The molecule has 6 nitrogen and oxygen atoms in total. The summed E-state index contributed by atoms with van der Waals surface area (Å²) in [4.78, 5) is 14.2. The van der Waals surface area contributed by atoms with Crippen molar-refractivity contribution in [3.8, 4) is 0 Å². The quantitative estimate of drug-likeness (QED) is 0.898. The molecule has 0 atom stereocenters. The van der Waals surface area contributed by atoms with Crippen molar-refractivity contribution in [3.63, 3.8) is 0 Å². The van der Waals surface area contributed by atoms with Crippen molar-refractivity contribution < 1.29 is 27.1 Å². The largest absolute Gasteiger partial charge is 0.478 e. The minimum Gasteiger partial charge on any atom is -0.478 e. The van der Waals surface area contributed by atoms with Gasteiger partial charge in [-0.25, -0.2) is 18.6 Å². The van der Waals surface area contributed by atoms with E-state index >= 15 is 0 Å². The fourth-order valence-corrected chi connectivity index (χ4v) is 2.57. The van der Waals surface area contributed by atoms with Gasteiger partial charge in [-0.05, 0) is 30.3 Å². The number of pyridine rings is 1. The second-order valence-electron chi connectivity index (χ2n) is 3.90. The lowest BCUT2D eigenvalue weighted by Crippen LogP contribution is -2.17. The molecule has 2 aromatic rings. The van der Waals surface area contributed by atoms with E-state index in [0.29, 0.717) is 0 Å². The average molecular weight is 314 g/mol. The fraction of sp³-hybridized carbons (Fsp3) is 0. The maximum atomic E-state index is 13.5. The Morgan fingerprint density at radius 1 is 1.19 bits per heavy atom. The first-order valence-corrected chi connectivity index (χ1v) is 6.96. The molecule has 0 unspecified atom stereocenters. The summed E-state index contributed by atoms with van der Waals surface area (Å²) in [5, 5.41) is 7.88. The summed E-state index contributed by atoms with van der Waals surface area (Å²) in [5.74, 6) is -3.47. The first-order chi connectivity index (χ1) is 9.81. The van der Waals surface area contributed by atoms with E-state index in [1.54, 1.807) is 4.72 Å². The zero-order chi connectivity index (χ0) is 15.6. The van der Waals surface area contributed by atoms with Crippen LogP contribution in [0.4, 0.5) is 14.5 Å². The Hall–Kier alpha value is -2.55. The van der Waals surface area contributed by atoms with Gasteiger partial charge in [-0.1, -0.05) is 0 Å². The molecule has 2 N–H and O–H groups in total. The van der Waals surface area contributed by atoms with Crippen LogP contribution in [0.5, 0.6) is 0 Å². The van der Waals surface area contributed by atoms with Crippen molar-refractivity contribution >= 4 is 21.7 Å². The summed E-state index contributed by atoms with van der Waals surface area (Å²) in [6, 6.07) is 4.62. The number of sulfonamides is 1. The number of hydrogen-bond donors (Lipinski definition) is 2. The zero-order valence-electron chi connectivity index (χ0n) is 10.2. The van der Waals surface area contributed by atoms with E-state index in [4.69, 9.17) is 5.11 Å². The van der Waals surface area contributed by atoms with E-state index in [2.05, 4.69) is 4.98 Å². The van der Waals surface area contributed by atoms with Gasteiger partial charge in [0.15, 0.2) is 5.82 Å². The zero-order valence-corrected chi connectivity index (χ0v) is 11.1.